The van der Waals surface area contributed by atoms with E-state index in [0.29, 0.717) is 11.9 Å². The second kappa shape index (κ2) is 6.36. The number of nitrogens with one attached hydrogen (secondary N) is 1. The molecular formula is C16H17N5O. The van der Waals surface area contributed by atoms with Gasteiger partial charge in [0.05, 0.1) is 11.9 Å². The van der Waals surface area contributed by atoms with E-state index < -0.39 is 0 Å². The van der Waals surface area contributed by atoms with Gasteiger partial charge in [-0.15, -0.1) is 5.10 Å². The van der Waals surface area contributed by atoms with Gasteiger partial charge in [-0.05, 0) is 43.9 Å². The molecule has 2 aromatic heterocycles. The third-order valence-corrected chi connectivity index (χ3v) is 3.04. The van der Waals surface area contributed by atoms with Crippen LogP contribution in [0, 0.1) is 0 Å². The highest BCUT2D eigenvalue weighted by atomic mass is 16.4. The largest absolute Gasteiger partial charge is 0.403 e. The Morgan fingerprint density at radius 2 is 1.91 bits per heavy atom. The molecule has 0 aliphatic rings. The van der Waals surface area contributed by atoms with Gasteiger partial charge in [0, 0.05) is 18.3 Å². The first kappa shape index (κ1) is 14.2. The molecule has 0 spiro atoms. The molecular weight excluding hydrogens is 278 g/mol. The van der Waals surface area contributed by atoms with E-state index in [1.54, 1.807) is 12.4 Å². The summed E-state index contributed by atoms with van der Waals surface area (Å²) >= 11 is 0. The summed E-state index contributed by atoms with van der Waals surface area (Å²) in [5, 5.41) is 11.1. The molecule has 0 unspecified atom stereocenters. The monoisotopic (exact) mass is 295 g/mol. The van der Waals surface area contributed by atoms with Gasteiger partial charge in [0.2, 0.25) is 5.89 Å². The predicted octanol–water partition coefficient (Wildman–Crippen LogP) is 2.94. The zero-order chi connectivity index (χ0) is 15.4. The Balaban J connectivity index is 1.73. The van der Waals surface area contributed by atoms with Crippen molar-refractivity contribution in [3.05, 3.63) is 54.4 Å². The van der Waals surface area contributed by atoms with E-state index >= 15 is 0 Å². The molecule has 0 bridgehead atoms. The van der Waals surface area contributed by atoms with E-state index in [0.717, 1.165) is 17.8 Å². The molecule has 0 saturated heterocycles. The minimum Gasteiger partial charge on any atom is -0.403 e. The zero-order valence-corrected chi connectivity index (χ0v) is 12.5. The number of hydrogen-bond acceptors (Lipinski definition) is 6. The molecule has 0 amide bonds. The highest BCUT2D eigenvalue weighted by molar-refractivity contribution is 5.56. The Labute approximate surface area is 128 Å². The minimum atomic E-state index is 0.348. The summed E-state index contributed by atoms with van der Waals surface area (Å²) in [5.74, 6) is 0.489. The lowest BCUT2D eigenvalue weighted by atomic mass is 10.1. The van der Waals surface area contributed by atoms with E-state index in [9.17, 15) is 0 Å². The Kier molecular flexibility index (Phi) is 4.11. The fraction of sp³-hybridized carbons (Fsp3) is 0.188. The van der Waals surface area contributed by atoms with Gasteiger partial charge in [-0.2, -0.15) is 0 Å². The standard InChI is InChI=1S/C16H17N5O/c1-21(2)11-12-5-7-13(8-6-12)15-19-20-16(22-15)18-14-4-3-9-17-10-14/h3-10H,11H2,1-2H3,(H,18,20). The number of benzene rings is 1. The van der Waals surface area contributed by atoms with E-state index in [4.69, 9.17) is 4.42 Å². The summed E-state index contributed by atoms with van der Waals surface area (Å²) in [5.41, 5.74) is 2.94. The molecule has 0 atom stereocenters. The summed E-state index contributed by atoms with van der Waals surface area (Å²) in [6.45, 7) is 0.901. The van der Waals surface area contributed by atoms with E-state index in [2.05, 4.69) is 37.5 Å². The van der Waals surface area contributed by atoms with Gasteiger partial charge in [0.1, 0.15) is 0 Å². The summed E-state index contributed by atoms with van der Waals surface area (Å²) in [7, 11) is 4.09. The normalized spacial score (nSPS) is 10.9. The lowest BCUT2D eigenvalue weighted by Gasteiger charge is -2.09. The number of anilines is 2. The van der Waals surface area contributed by atoms with Crippen molar-refractivity contribution in [2.45, 2.75) is 6.54 Å². The average Bonchev–Trinajstić information content (AvgIpc) is 2.97. The van der Waals surface area contributed by atoms with Gasteiger partial charge >= 0.3 is 6.01 Å². The van der Waals surface area contributed by atoms with Crippen LogP contribution in [0.15, 0.2) is 53.2 Å². The number of aromatic nitrogens is 3. The molecule has 1 N–H and O–H groups in total. The zero-order valence-electron chi connectivity index (χ0n) is 12.5. The smallest absolute Gasteiger partial charge is 0.320 e. The van der Waals surface area contributed by atoms with E-state index in [-0.39, 0.29) is 0 Å². The number of nitrogens with zero attached hydrogens (tertiary/aromatic N) is 4. The van der Waals surface area contributed by atoms with Crippen molar-refractivity contribution in [1.82, 2.24) is 20.1 Å². The molecule has 0 fully saturated rings. The maximum absolute atomic E-state index is 5.62. The molecule has 112 valence electrons. The van der Waals surface area contributed by atoms with Crippen molar-refractivity contribution in [2.75, 3.05) is 19.4 Å². The summed E-state index contributed by atoms with van der Waals surface area (Å²) in [6.07, 6.45) is 3.40. The number of rotatable bonds is 5. The predicted molar refractivity (Wildman–Crippen MR) is 84.6 cm³/mol. The molecule has 6 nitrogen and oxygen atoms in total. The molecule has 0 aliphatic heterocycles. The van der Waals surface area contributed by atoms with Gasteiger partial charge in [-0.3, -0.25) is 4.98 Å². The van der Waals surface area contributed by atoms with Gasteiger partial charge in [0.25, 0.3) is 0 Å². The SMILES string of the molecule is CN(C)Cc1ccc(-c2nnc(Nc3cccnc3)o2)cc1. The average molecular weight is 295 g/mol. The van der Waals surface area contributed by atoms with E-state index in [1.165, 1.54) is 5.56 Å². The third kappa shape index (κ3) is 3.48. The number of pyridine rings is 1. The summed E-state index contributed by atoms with van der Waals surface area (Å²) in [4.78, 5) is 6.15. The van der Waals surface area contributed by atoms with Crippen LogP contribution in [-0.2, 0) is 6.54 Å². The molecule has 22 heavy (non-hydrogen) atoms. The van der Waals surface area contributed by atoms with Gasteiger partial charge < -0.3 is 14.6 Å². The Morgan fingerprint density at radius 1 is 1.09 bits per heavy atom. The van der Waals surface area contributed by atoms with Crippen LogP contribution in [0.5, 0.6) is 0 Å². The van der Waals surface area contributed by atoms with Crippen LogP contribution in [-0.4, -0.2) is 34.2 Å². The van der Waals surface area contributed by atoms with Crippen LogP contribution in [0.25, 0.3) is 11.5 Å². The van der Waals surface area contributed by atoms with Gasteiger partial charge in [0.15, 0.2) is 0 Å². The maximum atomic E-state index is 5.62. The fourth-order valence-corrected chi connectivity index (χ4v) is 2.07. The van der Waals surface area contributed by atoms with E-state index in [1.807, 2.05) is 38.4 Å². The first-order valence-corrected chi connectivity index (χ1v) is 6.95. The van der Waals surface area contributed by atoms with Crippen molar-refractivity contribution in [2.24, 2.45) is 0 Å². The van der Waals surface area contributed by atoms with Crippen molar-refractivity contribution < 1.29 is 4.42 Å². The van der Waals surface area contributed by atoms with Crippen LogP contribution in [0.1, 0.15) is 5.56 Å². The molecule has 0 radical (unpaired) electrons. The Bertz CT molecular complexity index is 722. The molecule has 3 aromatic rings. The number of hydrogen-bond donors (Lipinski definition) is 1. The summed E-state index contributed by atoms with van der Waals surface area (Å²) in [6, 6.07) is 12.2. The van der Waals surface area contributed by atoms with Crippen molar-refractivity contribution in [3.8, 4) is 11.5 Å². The van der Waals surface area contributed by atoms with Crippen LogP contribution in [0.3, 0.4) is 0 Å². The topological polar surface area (TPSA) is 67.1 Å². The van der Waals surface area contributed by atoms with Crippen LogP contribution in [0.4, 0.5) is 11.7 Å². The Hall–Kier alpha value is -2.73. The highest BCUT2D eigenvalue weighted by Gasteiger charge is 2.09. The first-order valence-electron chi connectivity index (χ1n) is 6.95. The summed E-state index contributed by atoms with van der Waals surface area (Å²) < 4.78 is 5.62. The fourth-order valence-electron chi connectivity index (χ4n) is 2.07. The molecule has 2 heterocycles. The quantitative estimate of drug-likeness (QED) is 0.780. The highest BCUT2D eigenvalue weighted by Crippen LogP contribution is 2.22. The van der Waals surface area contributed by atoms with Crippen molar-refractivity contribution >= 4 is 11.7 Å². The second-order valence-corrected chi connectivity index (χ2v) is 5.21. The van der Waals surface area contributed by atoms with Crippen molar-refractivity contribution in [3.63, 3.8) is 0 Å². The molecule has 3 rings (SSSR count). The van der Waals surface area contributed by atoms with Gasteiger partial charge in [-0.1, -0.05) is 17.2 Å². The van der Waals surface area contributed by atoms with Crippen LogP contribution >= 0.6 is 0 Å². The minimum absolute atomic E-state index is 0.348. The van der Waals surface area contributed by atoms with Crippen LogP contribution in [0.2, 0.25) is 0 Å². The first-order chi connectivity index (χ1) is 10.7. The molecule has 0 aliphatic carbocycles. The van der Waals surface area contributed by atoms with Crippen molar-refractivity contribution in [1.29, 1.82) is 0 Å². The lowest BCUT2D eigenvalue weighted by Crippen LogP contribution is -2.10. The second-order valence-electron chi connectivity index (χ2n) is 5.21. The van der Waals surface area contributed by atoms with Gasteiger partial charge in [-0.25, -0.2) is 0 Å². The lowest BCUT2D eigenvalue weighted by molar-refractivity contribution is 0.402. The maximum Gasteiger partial charge on any atom is 0.320 e. The molecule has 1 aromatic carbocycles. The molecule has 6 heteroatoms. The third-order valence-electron chi connectivity index (χ3n) is 3.04. The molecule has 0 saturated carbocycles. The Morgan fingerprint density at radius 3 is 2.59 bits per heavy atom. The van der Waals surface area contributed by atoms with Crippen LogP contribution < -0.4 is 5.32 Å².